The monoisotopic (exact) mass is 297 g/mol. The molecule has 112 valence electrons. The van der Waals surface area contributed by atoms with Gasteiger partial charge in [-0.2, -0.15) is 0 Å². The number of benzene rings is 1. The van der Waals surface area contributed by atoms with Crippen LogP contribution in [0, 0.1) is 11.8 Å². The lowest BCUT2D eigenvalue weighted by Crippen LogP contribution is -2.38. The molecule has 4 atom stereocenters. The first-order chi connectivity index (χ1) is 10.4. The van der Waals surface area contributed by atoms with Crippen LogP contribution in [-0.2, 0) is 14.3 Å². The number of ether oxygens (including phenoxy) is 1. The maximum Gasteiger partial charge on any atom is 0.241 e. The summed E-state index contributed by atoms with van der Waals surface area (Å²) in [6.07, 6.45) is 3.44. The Labute approximate surface area is 127 Å². The van der Waals surface area contributed by atoms with Gasteiger partial charge in [-0.3, -0.25) is 14.4 Å². The van der Waals surface area contributed by atoms with Crippen LogP contribution in [0.1, 0.15) is 24.2 Å². The van der Waals surface area contributed by atoms with Crippen molar-refractivity contribution in [3.8, 4) is 0 Å². The first kappa shape index (κ1) is 13.4. The van der Waals surface area contributed by atoms with Gasteiger partial charge in [-0.05, 0) is 38.1 Å². The fourth-order valence-electron chi connectivity index (χ4n) is 3.75. The number of hydrogen-bond donors (Lipinski definition) is 0. The van der Waals surface area contributed by atoms with Gasteiger partial charge in [-0.15, -0.1) is 0 Å². The number of carbonyl (C=O) groups is 3. The molecule has 0 N–H and O–H groups in total. The molecule has 2 bridgehead atoms. The van der Waals surface area contributed by atoms with Crippen LogP contribution in [0.3, 0.4) is 0 Å². The Bertz CT molecular complexity index is 736. The molecule has 3 aliphatic heterocycles. The van der Waals surface area contributed by atoms with Gasteiger partial charge < -0.3 is 4.74 Å². The normalized spacial score (nSPS) is 35.4. The number of Topliss-reactive ketones (excluding diaryl/α,β-unsaturated/α-hetero) is 1. The Balaban J connectivity index is 1.71. The molecular weight excluding hydrogens is 282 g/mol. The molecule has 0 aromatic heterocycles. The van der Waals surface area contributed by atoms with E-state index in [1.807, 2.05) is 19.1 Å². The predicted molar refractivity (Wildman–Crippen MR) is 78.3 cm³/mol. The first-order valence-electron chi connectivity index (χ1n) is 7.28. The van der Waals surface area contributed by atoms with E-state index in [4.69, 9.17) is 4.74 Å². The summed E-state index contributed by atoms with van der Waals surface area (Å²) < 4.78 is 5.78. The number of nitrogens with zero attached hydrogens (tertiary/aromatic N) is 1. The van der Waals surface area contributed by atoms with Crippen LogP contribution in [0.15, 0.2) is 36.4 Å². The number of rotatable bonds is 2. The molecule has 3 heterocycles. The number of fused-ring (bicyclic) bond motifs is 5. The fraction of sp³-hybridized carbons (Fsp3) is 0.353. The van der Waals surface area contributed by atoms with E-state index in [2.05, 4.69) is 0 Å². The molecule has 3 aliphatic rings. The van der Waals surface area contributed by atoms with Crippen LogP contribution in [-0.4, -0.2) is 29.3 Å². The van der Waals surface area contributed by atoms with Crippen molar-refractivity contribution in [3.05, 3.63) is 42.0 Å². The summed E-state index contributed by atoms with van der Waals surface area (Å²) in [6, 6.07) is 6.56. The molecule has 4 rings (SSSR count). The topological polar surface area (TPSA) is 63.7 Å². The molecule has 2 fully saturated rings. The van der Waals surface area contributed by atoms with Gasteiger partial charge in [0.1, 0.15) is 0 Å². The lowest BCUT2D eigenvalue weighted by molar-refractivity contribution is -0.126. The van der Waals surface area contributed by atoms with Crippen LogP contribution in [0.2, 0.25) is 0 Å². The summed E-state index contributed by atoms with van der Waals surface area (Å²) in [5.41, 5.74) is 0.383. The van der Waals surface area contributed by atoms with Crippen molar-refractivity contribution < 1.29 is 19.1 Å². The molecule has 2 amide bonds. The van der Waals surface area contributed by atoms with Gasteiger partial charge in [0, 0.05) is 5.56 Å². The number of ketones is 1. The van der Waals surface area contributed by atoms with Gasteiger partial charge in [0.15, 0.2) is 5.78 Å². The summed E-state index contributed by atoms with van der Waals surface area (Å²) >= 11 is 0. The molecular formula is C17H15NO4. The van der Waals surface area contributed by atoms with Crippen LogP contribution >= 0.6 is 0 Å². The van der Waals surface area contributed by atoms with Crippen LogP contribution in [0.5, 0.6) is 0 Å². The molecule has 0 aliphatic carbocycles. The molecule has 0 spiro atoms. The highest BCUT2D eigenvalue weighted by Gasteiger charge is 2.65. The Hall–Kier alpha value is -2.27. The van der Waals surface area contributed by atoms with Crippen molar-refractivity contribution in [2.24, 2.45) is 11.8 Å². The lowest BCUT2D eigenvalue weighted by Gasteiger charge is -2.24. The second kappa shape index (κ2) is 4.14. The predicted octanol–water partition coefficient (Wildman–Crippen LogP) is 1.72. The number of carbonyl (C=O) groups excluding carboxylic acids is 3. The summed E-state index contributed by atoms with van der Waals surface area (Å²) in [5, 5.41) is 0. The number of hydrogen-bond acceptors (Lipinski definition) is 4. The Kier molecular flexibility index (Phi) is 2.52. The van der Waals surface area contributed by atoms with Crippen molar-refractivity contribution >= 4 is 23.3 Å². The number of anilines is 1. The summed E-state index contributed by atoms with van der Waals surface area (Å²) in [4.78, 5) is 38.0. The smallest absolute Gasteiger partial charge is 0.241 e. The zero-order valence-corrected chi connectivity index (χ0v) is 12.3. The molecule has 2 saturated heterocycles. The number of imide groups is 1. The third kappa shape index (κ3) is 1.54. The highest BCUT2D eigenvalue weighted by molar-refractivity contribution is 6.23. The first-order valence-corrected chi connectivity index (χ1v) is 7.28. The van der Waals surface area contributed by atoms with E-state index in [1.54, 1.807) is 24.3 Å². The lowest BCUT2D eigenvalue weighted by atomic mass is 9.78. The van der Waals surface area contributed by atoms with E-state index in [0.717, 1.165) is 0 Å². The molecule has 0 unspecified atom stereocenters. The molecule has 1 aromatic carbocycles. The van der Waals surface area contributed by atoms with E-state index in [-0.39, 0.29) is 23.7 Å². The van der Waals surface area contributed by atoms with Gasteiger partial charge in [0.2, 0.25) is 11.8 Å². The largest absolute Gasteiger partial charge is 0.362 e. The molecule has 5 heteroatoms. The van der Waals surface area contributed by atoms with Gasteiger partial charge in [-0.1, -0.05) is 12.2 Å². The average molecular weight is 297 g/mol. The van der Waals surface area contributed by atoms with E-state index in [9.17, 15) is 14.4 Å². The average Bonchev–Trinajstić information content (AvgIpc) is 3.08. The molecule has 0 saturated carbocycles. The van der Waals surface area contributed by atoms with Gasteiger partial charge in [-0.25, -0.2) is 4.90 Å². The van der Waals surface area contributed by atoms with E-state index < -0.39 is 17.4 Å². The van der Waals surface area contributed by atoms with Gasteiger partial charge in [0.25, 0.3) is 0 Å². The van der Waals surface area contributed by atoms with Crippen LogP contribution in [0.4, 0.5) is 5.69 Å². The zero-order chi connectivity index (χ0) is 15.6. The summed E-state index contributed by atoms with van der Waals surface area (Å²) in [7, 11) is 0. The maximum atomic E-state index is 12.7. The number of amides is 2. The van der Waals surface area contributed by atoms with E-state index in [0.29, 0.717) is 11.3 Å². The third-order valence-electron chi connectivity index (χ3n) is 4.86. The fourth-order valence-corrected chi connectivity index (χ4v) is 3.75. The Morgan fingerprint density at radius 2 is 1.86 bits per heavy atom. The van der Waals surface area contributed by atoms with Crippen molar-refractivity contribution in [2.75, 3.05) is 4.90 Å². The standard InChI is InChI=1S/C17H15NO4/c1-9(19)10-3-5-11(6-4-10)18-15(20)13-12-7-8-17(2,22-12)14(13)16(18)21/h3-8,12-14H,1-2H3/t12-,13+,14-,17-/m1/s1. The van der Waals surface area contributed by atoms with Crippen molar-refractivity contribution in [2.45, 2.75) is 25.6 Å². The highest BCUT2D eigenvalue weighted by Crippen LogP contribution is 2.52. The molecule has 0 radical (unpaired) electrons. The molecule has 5 nitrogen and oxygen atoms in total. The van der Waals surface area contributed by atoms with Gasteiger partial charge >= 0.3 is 0 Å². The highest BCUT2D eigenvalue weighted by atomic mass is 16.5. The second-order valence-electron chi connectivity index (χ2n) is 6.24. The minimum Gasteiger partial charge on any atom is -0.362 e. The van der Waals surface area contributed by atoms with Crippen molar-refractivity contribution in [3.63, 3.8) is 0 Å². The maximum absolute atomic E-state index is 12.7. The van der Waals surface area contributed by atoms with Crippen LogP contribution in [0.25, 0.3) is 0 Å². The third-order valence-corrected chi connectivity index (χ3v) is 4.86. The minimum absolute atomic E-state index is 0.0503. The minimum atomic E-state index is -0.684. The van der Waals surface area contributed by atoms with E-state index in [1.165, 1.54) is 11.8 Å². The SMILES string of the molecule is CC(=O)c1ccc(N2C(=O)[C@H]3[C@H]4C=C[C@@](C)(O4)[C@H]3C2=O)cc1. The van der Waals surface area contributed by atoms with Crippen LogP contribution < -0.4 is 4.90 Å². The van der Waals surface area contributed by atoms with Crippen molar-refractivity contribution in [1.29, 1.82) is 0 Å². The molecule has 1 aromatic rings. The van der Waals surface area contributed by atoms with E-state index >= 15 is 0 Å². The molecule has 22 heavy (non-hydrogen) atoms. The Morgan fingerprint density at radius 3 is 2.45 bits per heavy atom. The van der Waals surface area contributed by atoms with Gasteiger partial charge in [0.05, 0.1) is 29.2 Å². The summed E-state index contributed by atoms with van der Waals surface area (Å²) in [5.74, 6) is -1.38. The summed E-state index contributed by atoms with van der Waals surface area (Å²) in [6.45, 7) is 3.33. The zero-order valence-electron chi connectivity index (χ0n) is 12.3. The quantitative estimate of drug-likeness (QED) is 0.474. The Morgan fingerprint density at radius 1 is 1.18 bits per heavy atom. The van der Waals surface area contributed by atoms with Crippen molar-refractivity contribution in [1.82, 2.24) is 0 Å². The second-order valence-corrected chi connectivity index (χ2v) is 6.24.